The molecule has 2 aromatic heterocycles. The molecular formula is C13H12ClN3OS. The lowest BCUT2D eigenvalue weighted by Crippen LogP contribution is -1.85. The molecule has 98 valence electrons. The SMILES string of the molecule is Clc1ccc2oc(SCCCc3cn[nH]c3)nc2c1. The van der Waals surface area contributed by atoms with Gasteiger partial charge >= 0.3 is 0 Å². The fourth-order valence-electron chi connectivity index (χ4n) is 1.79. The van der Waals surface area contributed by atoms with Crippen molar-refractivity contribution in [3.05, 3.63) is 41.2 Å². The van der Waals surface area contributed by atoms with Crippen LogP contribution in [0.4, 0.5) is 0 Å². The number of hydrogen-bond acceptors (Lipinski definition) is 4. The monoisotopic (exact) mass is 293 g/mol. The third kappa shape index (κ3) is 3.11. The summed E-state index contributed by atoms with van der Waals surface area (Å²) in [4.78, 5) is 4.40. The molecule has 1 aromatic carbocycles. The Hall–Kier alpha value is -1.46. The first-order chi connectivity index (χ1) is 9.31. The van der Waals surface area contributed by atoms with Crippen LogP contribution >= 0.6 is 23.4 Å². The first-order valence-corrected chi connectivity index (χ1v) is 7.34. The molecule has 1 N–H and O–H groups in total. The molecule has 3 rings (SSSR count). The lowest BCUT2D eigenvalue weighted by molar-refractivity contribution is 0.489. The van der Waals surface area contributed by atoms with Crippen molar-refractivity contribution in [1.29, 1.82) is 0 Å². The second-order valence-corrected chi connectivity index (χ2v) is 5.63. The normalized spacial score (nSPS) is 11.2. The number of oxazole rings is 1. The fourth-order valence-corrected chi connectivity index (χ4v) is 2.73. The predicted octanol–water partition coefficient (Wildman–Crippen LogP) is 3.93. The molecule has 0 saturated carbocycles. The Morgan fingerprint density at radius 3 is 3.16 bits per heavy atom. The maximum absolute atomic E-state index is 5.91. The molecule has 3 aromatic rings. The van der Waals surface area contributed by atoms with E-state index in [1.165, 1.54) is 5.56 Å². The van der Waals surface area contributed by atoms with Gasteiger partial charge in [-0.3, -0.25) is 5.10 Å². The van der Waals surface area contributed by atoms with E-state index in [1.807, 2.05) is 30.6 Å². The zero-order valence-electron chi connectivity index (χ0n) is 10.1. The molecule has 4 nitrogen and oxygen atoms in total. The van der Waals surface area contributed by atoms with E-state index in [-0.39, 0.29) is 0 Å². The van der Waals surface area contributed by atoms with E-state index in [0.717, 1.165) is 29.7 Å². The van der Waals surface area contributed by atoms with Crippen molar-refractivity contribution in [2.45, 2.75) is 18.1 Å². The Labute approximate surface area is 119 Å². The van der Waals surface area contributed by atoms with E-state index in [1.54, 1.807) is 11.8 Å². The van der Waals surface area contributed by atoms with Crippen molar-refractivity contribution in [3.8, 4) is 0 Å². The number of halogens is 1. The molecule has 0 radical (unpaired) electrons. The lowest BCUT2D eigenvalue weighted by Gasteiger charge is -1.95. The van der Waals surface area contributed by atoms with Crippen LogP contribution in [-0.4, -0.2) is 20.9 Å². The molecule has 6 heteroatoms. The number of benzene rings is 1. The van der Waals surface area contributed by atoms with Crippen LogP contribution in [0.5, 0.6) is 0 Å². The quantitative estimate of drug-likeness (QED) is 0.572. The number of thioether (sulfide) groups is 1. The molecule has 0 saturated heterocycles. The van der Waals surface area contributed by atoms with Gasteiger partial charge in [0.1, 0.15) is 5.52 Å². The van der Waals surface area contributed by atoms with Crippen LogP contribution in [-0.2, 0) is 6.42 Å². The van der Waals surface area contributed by atoms with Gasteiger partial charge < -0.3 is 4.42 Å². The number of rotatable bonds is 5. The predicted molar refractivity (Wildman–Crippen MR) is 76.7 cm³/mol. The summed E-state index contributed by atoms with van der Waals surface area (Å²) in [6.45, 7) is 0. The largest absolute Gasteiger partial charge is 0.431 e. The topological polar surface area (TPSA) is 54.7 Å². The molecule has 0 fully saturated rings. The standard InChI is InChI=1S/C13H12ClN3OS/c14-10-3-4-12-11(6-10)17-13(18-12)19-5-1-2-9-7-15-16-8-9/h3-4,6-8H,1-2,5H2,(H,15,16). The number of aromatic nitrogens is 3. The molecule has 0 aliphatic heterocycles. The molecule has 0 bridgehead atoms. The molecule has 0 atom stereocenters. The van der Waals surface area contributed by atoms with E-state index in [4.69, 9.17) is 16.0 Å². The third-order valence-corrected chi connectivity index (χ3v) is 3.87. The first-order valence-electron chi connectivity index (χ1n) is 5.98. The molecule has 19 heavy (non-hydrogen) atoms. The molecule has 0 aliphatic carbocycles. The number of aryl methyl sites for hydroxylation is 1. The molecule has 0 amide bonds. The highest BCUT2D eigenvalue weighted by Gasteiger charge is 2.06. The smallest absolute Gasteiger partial charge is 0.256 e. The average molecular weight is 294 g/mol. The number of nitrogens with one attached hydrogen (secondary N) is 1. The number of hydrogen-bond donors (Lipinski definition) is 1. The summed E-state index contributed by atoms with van der Waals surface area (Å²) in [6, 6.07) is 5.47. The van der Waals surface area contributed by atoms with Crippen molar-refractivity contribution >= 4 is 34.5 Å². The van der Waals surface area contributed by atoms with Crippen LogP contribution in [0.25, 0.3) is 11.1 Å². The molecule has 0 spiro atoms. The van der Waals surface area contributed by atoms with Gasteiger partial charge in [0.25, 0.3) is 5.22 Å². The van der Waals surface area contributed by atoms with Gasteiger partial charge in [0.15, 0.2) is 5.58 Å². The summed E-state index contributed by atoms with van der Waals surface area (Å²) >= 11 is 7.54. The Morgan fingerprint density at radius 2 is 2.32 bits per heavy atom. The second-order valence-electron chi connectivity index (χ2n) is 4.15. The minimum Gasteiger partial charge on any atom is -0.431 e. The minimum atomic E-state index is 0.678. The summed E-state index contributed by atoms with van der Waals surface area (Å²) in [5.41, 5.74) is 2.82. The van der Waals surface area contributed by atoms with Crippen LogP contribution in [0.1, 0.15) is 12.0 Å². The highest BCUT2D eigenvalue weighted by Crippen LogP contribution is 2.26. The highest BCUT2D eigenvalue weighted by molar-refractivity contribution is 7.99. The van der Waals surface area contributed by atoms with Crippen LogP contribution in [0.3, 0.4) is 0 Å². The van der Waals surface area contributed by atoms with Gasteiger partial charge in [-0.15, -0.1) is 0 Å². The Balaban J connectivity index is 1.56. The molecule has 0 aliphatic rings. The summed E-state index contributed by atoms with van der Waals surface area (Å²) in [5, 5.41) is 8.11. The number of nitrogens with zero attached hydrogens (tertiary/aromatic N) is 2. The van der Waals surface area contributed by atoms with Gasteiger partial charge in [0.2, 0.25) is 0 Å². The van der Waals surface area contributed by atoms with Gasteiger partial charge in [-0.25, -0.2) is 4.98 Å². The van der Waals surface area contributed by atoms with Gasteiger partial charge in [-0.1, -0.05) is 23.4 Å². The van der Waals surface area contributed by atoms with Gasteiger partial charge in [0, 0.05) is 17.0 Å². The Bertz CT molecular complexity index is 666. The van der Waals surface area contributed by atoms with Crippen molar-refractivity contribution < 1.29 is 4.42 Å². The Kier molecular flexibility index (Phi) is 3.75. The Morgan fingerprint density at radius 1 is 1.37 bits per heavy atom. The first kappa shape index (κ1) is 12.6. The average Bonchev–Trinajstić information content (AvgIpc) is 3.02. The van der Waals surface area contributed by atoms with Crippen molar-refractivity contribution in [2.75, 3.05) is 5.75 Å². The maximum Gasteiger partial charge on any atom is 0.256 e. The second kappa shape index (κ2) is 5.67. The fraction of sp³-hybridized carbons (Fsp3) is 0.231. The van der Waals surface area contributed by atoms with Crippen LogP contribution in [0.2, 0.25) is 5.02 Å². The summed E-state index contributed by atoms with van der Waals surface area (Å²) in [6.07, 6.45) is 5.84. The van der Waals surface area contributed by atoms with Gasteiger partial charge in [0.05, 0.1) is 6.20 Å². The van der Waals surface area contributed by atoms with E-state index in [2.05, 4.69) is 15.2 Å². The molecular weight excluding hydrogens is 282 g/mol. The van der Waals surface area contributed by atoms with Crippen LogP contribution in [0, 0.1) is 0 Å². The molecule has 2 heterocycles. The summed E-state index contributed by atoms with van der Waals surface area (Å²) in [5.74, 6) is 0.964. The van der Waals surface area contributed by atoms with Crippen molar-refractivity contribution in [3.63, 3.8) is 0 Å². The van der Waals surface area contributed by atoms with Crippen molar-refractivity contribution in [1.82, 2.24) is 15.2 Å². The van der Waals surface area contributed by atoms with Crippen molar-refractivity contribution in [2.24, 2.45) is 0 Å². The van der Waals surface area contributed by atoms with Crippen LogP contribution < -0.4 is 0 Å². The lowest BCUT2D eigenvalue weighted by atomic mass is 10.2. The third-order valence-electron chi connectivity index (χ3n) is 2.72. The van der Waals surface area contributed by atoms with Gasteiger partial charge in [-0.05, 0) is 36.6 Å². The van der Waals surface area contributed by atoms with E-state index < -0.39 is 0 Å². The maximum atomic E-state index is 5.91. The number of H-pyrrole nitrogens is 1. The number of aromatic amines is 1. The highest BCUT2D eigenvalue weighted by atomic mass is 35.5. The van der Waals surface area contributed by atoms with Gasteiger partial charge in [-0.2, -0.15) is 5.10 Å². The zero-order chi connectivity index (χ0) is 13.1. The van der Waals surface area contributed by atoms with Crippen LogP contribution in [0.15, 0.2) is 40.2 Å². The summed E-state index contributed by atoms with van der Waals surface area (Å²) < 4.78 is 5.63. The molecule has 0 unspecified atom stereocenters. The van der Waals surface area contributed by atoms with E-state index >= 15 is 0 Å². The van der Waals surface area contributed by atoms with E-state index in [0.29, 0.717) is 10.2 Å². The summed E-state index contributed by atoms with van der Waals surface area (Å²) in [7, 11) is 0. The minimum absolute atomic E-state index is 0.678. The zero-order valence-corrected chi connectivity index (χ0v) is 11.7. The van der Waals surface area contributed by atoms with E-state index in [9.17, 15) is 0 Å². The number of fused-ring (bicyclic) bond motifs is 1.